The van der Waals surface area contributed by atoms with Crippen LogP contribution in [-0.4, -0.2) is 30.5 Å². The van der Waals surface area contributed by atoms with E-state index < -0.39 is 6.61 Å². The molecule has 6 heteroatoms. The summed E-state index contributed by atoms with van der Waals surface area (Å²) in [5, 5.41) is 0. The highest BCUT2D eigenvalue weighted by molar-refractivity contribution is 5.76. The largest absolute Gasteiger partial charge is 0.435 e. The van der Waals surface area contributed by atoms with Crippen LogP contribution in [0.3, 0.4) is 0 Å². The molecule has 128 valence electrons. The summed E-state index contributed by atoms with van der Waals surface area (Å²) in [6, 6.07) is 6.46. The van der Waals surface area contributed by atoms with Crippen LogP contribution in [0.2, 0.25) is 0 Å². The zero-order valence-corrected chi connectivity index (χ0v) is 13.4. The van der Waals surface area contributed by atoms with Crippen molar-refractivity contribution in [3.8, 4) is 5.75 Å². The van der Waals surface area contributed by atoms with Crippen molar-refractivity contribution in [2.75, 3.05) is 7.05 Å². The first kappa shape index (κ1) is 17.7. The lowest BCUT2D eigenvalue weighted by molar-refractivity contribution is -0.131. The molecule has 2 rings (SSSR count). The first-order valence-electron chi connectivity index (χ1n) is 7.99. The van der Waals surface area contributed by atoms with Gasteiger partial charge in [-0.05, 0) is 36.5 Å². The molecular weight excluding hydrogens is 302 g/mol. The summed E-state index contributed by atoms with van der Waals surface area (Å²) in [4.78, 5) is 14.0. The Kier molecular flexibility index (Phi) is 6.33. The lowest BCUT2D eigenvalue weighted by Gasteiger charge is -2.29. The van der Waals surface area contributed by atoms with E-state index in [2.05, 4.69) is 4.74 Å². The van der Waals surface area contributed by atoms with E-state index in [1.807, 2.05) is 0 Å². The van der Waals surface area contributed by atoms with Gasteiger partial charge in [-0.25, -0.2) is 0 Å². The fourth-order valence-electron chi connectivity index (χ4n) is 3.01. The molecule has 2 N–H and O–H groups in total. The molecule has 1 aliphatic rings. The summed E-state index contributed by atoms with van der Waals surface area (Å²) >= 11 is 0. The van der Waals surface area contributed by atoms with E-state index in [-0.39, 0.29) is 23.6 Å². The highest BCUT2D eigenvalue weighted by atomic mass is 19.3. The summed E-state index contributed by atoms with van der Waals surface area (Å²) in [6.45, 7) is -2.39. The topological polar surface area (TPSA) is 55.6 Å². The van der Waals surface area contributed by atoms with Crippen molar-refractivity contribution in [2.45, 2.75) is 51.3 Å². The number of halogens is 2. The number of rotatable bonds is 6. The Morgan fingerprint density at radius 3 is 2.57 bits per heavy atom. The molecule has 0 radical (unpaired) electrons. The monoisotopic (exact) mass is 326 g/mol. The Hall–Kier alpha value is -1.69. The number of alkyl halides is 2. The van der Waals surface area contributed by atoms with Crippen molar-refractivity contribution < 1.29 is 18.3 Å². The van der Waals surface area contributed by atoms with Gasteiger partial charge in [-0.3, -0.25) is 4.79 Å². The number of carbonyl (C=O) groups is 1. The number of benzene rings is 1. The van der Waals surface area contributed by atoms with Gasteiger partial charge in [0.25, 0.3) is 0 Å². The van der Waals surface area contributed by atoms with Crippen LogP contribution in [-0.2, 0) is 11.3 Å². The predicted molar refractivity (Wildman–Crippen MR) is 84.1 cm³/mol. The van der Waals surface area contributed by atoms with E-state index in [1.54, 1.807) is 24.1 Å². The quantitative estimate of drug-likeness (QED) is 0.874. The maximum Gasteiger partial charge on any atom is 0.387 e. The summed E-state index contributed by atoms with van der Waals surface area (Å²) in [5.74, 6) is 0.451. The number of ether oxygens (including phenoxy) is 1. The van der Waals surface area contributed by atoms with E-state index in [1.165, 1.54) is 12.1 Å². The van der Waals surface area contributed by atoms with Crippen LogP contribution in [0.4, 0.5) is 8.78 Å². The standard InChI is InChI=1S/C17H24F2N2O2/c1-21(16(22)10-13-4-2-3-5-15(13)20)11-12-6-8-14(9-7-12)23-17(18)19/h6-9,13,15,17H,2-5,10-11,20H2,1H3. The van der Waals surface area contributed by atoms with Gasteiger partial charge >= 0.3 is 6.61 Å². The Labute approximate surface area is 135 Å². The van der Waals surface area contributed by atoms with Gasteiger partial charge in [-0.1, -0.05) is 25.0 Å². The summed E-state index contributed by atoms with van der Waals surface area (Å²) in [7, 11) is 1.75. The molecule has 1 aliphatic carbocycles. The van der Waals surface area contributed by atoms with Gasteiger partial charge in [0.2, 0.25) is 5.91 Å². The molecule has 4 nitrogen and oxygen atoms in total. The van der Waals surface area contributed by atoms with Crippen LogP contribution in [0.15, 0.2) is 24.3 Å². The number of hydrogen-bond acceptors (Lipinski definition) is 3. The lowest BCUT2D eigenvalue weighted by Crippen LogP contribution is -2.37. The van der Waals surface area contributed by atoms with E-state index in [9.17, 15) is 13.6 Å². The molecule has 0 heterocycles. The van der Waals surface area contributed by atoms with Crippen LogP contribution in [0.5, 0.6) is 5.75 Å². The minimum atomic E-state index is -2.83. The van der Waals surface area contributed by atoms with Gasteiger partial charge in [-0.15, -0.1) is 0 Å². The molecule has 1 amide bonds. The highest BCUT2D eigenvalue weighted by Crippen LogP contribution is 2.26. The van der Waals surface area contributed by atoms with Crippen LogP contribution < -0.4 is 10.5 Å². The molecule has 1 saturated carbocycles. The molecule has 0 aromatic heterocycles. The van der Waals surface area contributed by atoms with E-state index in [0.717, 1.165) is 31.2 Å². The third-order valence-corrected chi connectivity index (χ3v) is 4.40. The molecule has 0 aliphatic heterocycles. The molecule has 0 spiro atoms. The molecule has 0 bridgehead atoms. The minimum Gasteiger partial charge on any atom is -0.435 e. The van der Waals surface area contributed by atoms with Crippen molar-refractivity contribution in [1.29, 1.82) is 0 Å². The van der Waals surface area contributed by atoms with Gasteiger partial charge in [0.1, 0.15) is 5.75 Å². The van der Waals surface area contributed by atoms with E-state index in [0.29, 0.717) is 13.0 Å². The molecule has 1 fully saturated rings. The Morgan fingerprint density at radius 1 is 1.30 bits per heavy atom. The molecule has 1 aromatic carbocycles. The second-order valence-electron chi connectivity index (χ2n) is 6.18. The van der Waals surface area contributed by atoms with Crippen molar-refractivity contribution >= 4 is 5.91 Å². The van der Waals surface area contributed by atoms with Crippen LogP contribution in [0.25, 0.3) is 0 Å². The summed E-state index contributed by atoms with van der Waals surface area (Å²) in [5.41, 5.74) is 6.96. The van der Waals surface area contributed by atoms with E-state index >= 15 is 0 Å². The number of amides is 1. The maximum atomic E-state index is 12.3. The number of carbonyl (C=O) groups excluding carboxylic acids is 1. The van der Waals surface area contributed by atoms with Crippen molar-refractivity contribution in [3.63, 3.8) is 0 Å². The Bertz CT molecular complexity index is 508. The van der Waals surface area contributed by atoms with Gasteiger partial charge < -0.3 is 15.4 Å². The molecule has 2 unspecified atom stereocenters. The molecule has 1 aromatic rings. The first-order chi connectivity index (χ1) is 11.0. The Morgan fingerprint density at radius 2 is 1.96 bits per heavy atom. The molecule has 0 saturated heterocycles. The number of nitrogens with two attached hydrogens (primary N) is 1. The maximum absolute atomic E-state index is 12.3. The average Bonchev–Trinajstić information content (AvgIpc) is 2.51. The van der Waals surface area contributed by atoms with Crippen LogP contribution in [0.1, 0.15) is 37.7 Å². The van der Waals surface area contributed by atoms with Gasteiger partial charge in [0, 0.05) is 26.1 Å². The second-order valence-corrected chi connectivity index (χ2v) is 6.18. The summed E-state index contributed by atoms with van der Waals surface area (Å²) < 4.78 is 28.5. The fraction of sp³-hybridized carbons (Fsp3) is 0.588. The number of hydrogen-bond donors (Lipinski definition) is 1. The smallest absolute Gasteiger partial charge is 0.387 e. The minimum absolute atomic E-state index is 0.0697. The summed E-state index contributed by atoms with van der Waals surface area (Å²) in [6.07, 6.45) is 4.77. The second kappa shape index (κ2) is 8.24. The molecule has 23 heavy (non-hydrogen) atoms. The Balaban J connectivity index is 1.85. The van der Waals surface area contributed by atoms with Crippen molar-refractivity contribution in [3.05, 3.63) is 29.8 Å². The van der Waals surface area contributed by atoms with Crippen molar-refractivity contribution in [2.24, 2.45) is 11.7 Å². The molecular formula is C17H24F2N2O2. The van der Waals surface area contributed by atoms with Crippen molar-refractivity contribution in [1.82, 2.24) is 4.90 Å². The highest BCUT2D eigenvalue weighted by Gasteiger charge is 2.25. The normalized spacial score (nSPS) is 21.3. The van der Waals surface area contributed by atoms with Gasteiger partial charge in [-0.2, -0.15) is 8.78 Å². The third-order valence-electron chi connectivity index (χ3n) is 4.40. The number of nitrogens with zero attached hydrogens (tertiary/aromatic N) is 1. The lowest BCUT2D eigenvalue weighted by atomic mass is 9.83. The predicted octanol–water partition coefficient (Wildman–Crippen LogP) is 3.15. The zero-order chi connectivity index (χ0) is 16.8. The van der Waals surface area contributed by atoms with Gasteiger partial charge in [0.15, 0.2) is 0 Å². The molecule has 2 atom stereocenters. The van der Waals surface area contributed by atoms with Gasteiger partial charge in [0.05, 0.1) is 0 Å². The average molecular weight is 326 g/mol. The first-order valence-corrected chi connectivity index (χ1v) is 7.99. The SMILES string of the molecule is CN(Cc1ccc(OC(F)F)cc1)C(=O)CC1CCCCC1N. The van der Waals surface area contributed by atoms with Crippen LogP contribution in [0, 0.1) is 5.92 Å². The third kappa shape index (κ3) is 5.46. The van der Waals surface area contributed by atoms with Crippen LogP contribution >= 0.6 is 0 Å². The zero-order valence-electron chi connectivity index (χ0n) is 13.4. The fourth-order valence-corrected chi connectivity index (χ4v) is 3.01. The van der Waals surface area contributed by atoms with E-state index in [4.69, 9.17) is 5.73 Å².